The molecule has 9 nitrogen and oxygen atoms in total. The second kappa shape index (κ2) is 14.6. The van der Waals surface area contributed by atoms with Crippen LogP contribution in [0.2, 0.25) is 0 Å². The summed E-state index contributed by atoms with van der Waals surface area (Å²) in [5.74, 6) is 0.443. The summed E-state index contributed by atoms with van der Waals surface area (Å²) < 4.78 is 30.8. The zero-order valence-electron chi connectivity index (χ0n) is 33.7. The fourth-order valence-electron chi connectivity index (χ4n) is 12.5. The van der Waals surface area contributed by atoms with E-state index in [9.17, 15) is 19.8 Å². The number of esters is 2. The molecule has 296 valence electrons. The van der Waals surface area contributed by atoms with E-state index in [2.05, 4.69) is 54.5 Å². The molecule has 3 saturated carbocycles. The zero-order chi connectivity index (χ0) is 38.6. The van der Waals surface area contributed by atoms with Crippen LogP contribution in [0.4, 0.5) is 0 Å². The number of hydrogen-bond donors (Lipinski definition) is 2. The number of aliphatic hydroxyl groups is 2. The molecule has 1 aromatic rings. The standard InChI is InChI=1S/C44H66O9/c1-28(2)29(3)39(5)19-20-41(7)32-15-16-35-40(6)24-50-27-44(35,21-34(49-9)37(40)53-26-43(48,23-45)25-52-30(4)46)33(32)17-18-42(41,8)36(39)38(47)51-22-31-13-11-10-12-14-31/h10-14,17,28-29,32,34-37,45,48H,15-16,18-27H2,1-9H3/t29-,32+,34-,35+,36-,37+,39-,40+,41-,42+,43?,44+/m1/s1. The van der Waals surface area contributed by atoms with Gasteiger partial charge >= 0.3 is 11.9 Å². The molecule has 0 aromatic heterocycles. The molecule has 12 atom stereocenters. The topological polar surface area (TPSA) is 121 Å². The lowest BCUT2D eigenvalue weighted by Gasteiger charge is -2.71. The second-order valence-corrected chi connectivity index (χ2v) is 19.0. The minimum atomic E-state index is -1.73. The smallest absolute Gasteiger partial charge is 0.310 e. The Kier molecular flexibility index (Phi) is 11.2. The molecule has 1 unspecified atom stereocenters. The number of ether oxygens (including phenoxy) is 5. The summed E-state index contributed by atoms with van der Waals surface area (Å²) >= 11 is 0. The molecule has 4 aliphatic carbocycles. The molecule has 4 fully saturated rings. The molecule has 1 aliphatic heterocycles. The van der Waals surface area contributed by atoms with Crippen molar-refractivity contribution in [2.24, 2.45) is 56.7 Å². The number of fused-ring (bicyclic) bond motifs is 3. The van der Waals surface area contributed by atoms with Crippen molar-refractivity contribution < 1.29 is 43.5 Å². The lowest BCUT2D eigenvalue weighted by Crippen LogP contribution is -2.70. The lowest BCUT2D eigenvalue weighted by molar-refractivity contribution is -0.276. The molecule has 9 heteroatoms. The van der Waals surface area contributed by atoms with Crippen LogP contribution in [0.1, 0.15) is 99.5 Å². The van der Waals surface area contributed by atoms with Crippen LogP contribution in [0.25, 0.3) is 0 Å². The predicted octanol–water partition coefficient (Wildman–Crippen LogP) is 6.92. The van der Waals surface area contributed by atoms with E-state index in [1.807, 2.05) is 30.3 Å². The maximum atomic E-state index is 14.7. The highest BCUT2D eigenvalue weighted by atomic mass is 16.6. The summed E-state index contributed by atoms with van der Waals surface area (Å²) in [6.45, 7) is 17.9. The van der Waals surface area contributed by atoms with Crippen molar-refractivity contribution in [3.8, 4) is 0 Å². The van der Waals surface area contributed by atoms with E-state index >= 15 is 0 Å². The van der Waals surface area contributed by atoms with Gasteiger partial charge in [0.25, 0.3) is 0 Å². The number of hydrogen-bond acceptors (Lipinski definition) is 9. The van der Waals surface area contributed by atoms with Crippen molar-refractivity contribution in [1.82, 2.24) is 0 Å². The summed E-state index contributed by atoms with van der Waals surface area (Å²) in [5, 5.41) is 21.2. The molecular weight excluding hydrogens is 672 g/mol. The van der Waals surface area contributed by atoms with Crippen LogP contribution >= 0.6 is 0 Å². The highest BCUT2D eigenvalue weighted by molar-refractivity contribution is 5.75. The molecule has 2 bridgehead atoms. The summed E-state index contributed by atoms with van der Waals surface area (Å²) in [5.41, 5.74) is -0.596. The molecule has 0 spiro atoms. The number of benzene rings is 1. The van der Waals surface area contributed by atoms with Gasteiger partial charge in [-0.2, -0.15) is 0 Å². The summed E-state index contributed by atoms with van der Waals surface area (Å²) in [4.78, 5) is 26.2. The Morgan fingerprint density at radius 2 is 1.70 bits per heavy atom. The van der Waals surface area contributed by atoms with E-state index in [1.54, 1.807) is 7.11 Å². The number of carbonyl (C=O) groups excluding carboxylic acids is 2. The number of carbonyl (C=O) groups is 2. The first-order valence-electron chi connectivity index (χ1n) is 20.0. The first kappa shape index (κ1) is 40.4. The van der Waals surface area contributed by atoms with E-state index < -0.39 is 29.7 Å². The van der Waals surface area contributed by atoms with Crippen LogP contribution < -0.4 is 0 Å². The van der Waals surface area contributed by atoms with Crippen LogP contribution in [0, 0.1) is 56.7 Å². The summed E-state index contributed by atoms with van der Waals surface area (Å²) in [6, 6.07) is 10.0. The Labute approximate surface area is 317 Å². The number of aliphatic hydroxyl groups excluding tert-OH is 1. The maximum absolute atomic E-state index is 14.7. The van der Waals surface area contributed by atoms with Crippen LogP contribution in [0.3, 0.4) is 0 Å². The molecule has 5 aliphatic rings. The van der Waals surface area contributed by atoms with E-state index in [0.717, 1.165) is 44.1 Å². The Balaban J connectivity index is 1.35. The van der Waals surface area contributed by atoms with Crippen LogP contribution in [-0.4, -0.2) is 80.1 Å². The monoisotopic (exact) mass is 738 g/mol. The normalized spacial score (nSPS) is 40.8. The van der Waals surface area contributed by atoms with Gasteiger partial charge in [-0.05, 0) is 84.0 Å². The van der Waals surface area contributed by atoms with Crippen molar-refractivity contribution >= 4 is 11.9 Å². The van der Waals surface area contributed by atoms with E-state index in [4.69, 9.17) is 23.7 Å². The van der Waals surface area contributed by atoms with Crippen molar-refractivity contribution in [3.05, 3.63) is 47.5 Å². The molecule has 1 aromatic carbocycles. The molecular formula is C44H66O9. The molecule has 53 heavy (non-hydrogen) atoms. The Morgan fingerprint density at radius 1 is 0.981 bits per heavy atom. The molecule has 1 saturated heterocycles. The predicted molar refractivity (Wildman–Crippen MR) is 201 cm³/mol. The minimum Gasteiger partial charge on any atom is -0.463 e. The number of allylic oxidation sites excluding steroid dienone is 1. The SMILES string of the molecule is CO[C@@H]1C[C@@]23COC[C@@](C)([C@@H]2CC[C@H]2C3=CC[C@@]3(C)[C@H](C(=O)OCc4ccccc4)[C@@](C)([C@H](C)C(C)C)CC[C@]23C)[C@H]1OCC(O)(CO)COC(C)=O. The van der Waals surface area contributed by atoms with Gasteiger partial charge in [-0.25, -0.2) is 0 Å². The van der Waals surface area contributed by atoms with E-state index in [0.29, 0.717) is 25.0 Å². The molecule has 0 radical (unpaired) electrons. The third kappa shape index (κ3) is 6.52. The fourth-order valence-corrected chi connectivity index (χ4v) is 12.5. The second-order valence-electron chi connectivity index (χ2n) is 19.0. The van der Waals surface area contributed by atoms with Gasteiger partial charge in [-0.3, -0.25) is 9.59 Å². The van der Waals surface area contributed by atoms with Crippen LogP contribution in [0.15, 0.2) is 42.0 Å². The van der Waals surface area contributed by atoms with Gasteiger partial charge in [-0.15, -0.1) is 0 Å². The van der Waals surface area contributed by atoms with Gasteiger partial charge in [0, 0.05) is 24.9 Å². The average molecular weight is 739 g/mol. The van der Waals surface area contributed by atoms with Gasteiger partial charge in [0.15, 0.2) is 0 Å². The fraction of sp³-hybridized carbons (Fsp3) is 0.773. The molecule has 1 heterocycles. The van der Waals surface area contributed by atoms with Crippen molar-refractivity contribution in [2.75, 3.05) is 40.1 Å². The summed E-state index contributed by atoms with van der Waals surface area (Å²) in [6.07, 6.45) is 7.36. The third-order valence-corrected chi connectivity index (χ3v) is 16.0. The van der Waals surface area contributed by atoms with Gasteiger partial charge in [0.05, 0.1) is 44.6 Å². The van der Waals surface area contributed by atoms with Gasteiger partial charge in [-0.1, -0.05) is 90.4 Å². The highest BCUT2D eigenvalue weighted by Gasteiger charge is 2.72. The molecule has 2 N–H and O–H groups in total. The van der Waals surface area contributed by atoms with Crippen LogP contribution in [0.5, 0.6) is 0 Å². The van der Waals surface area contributed by atoms with E-state index in [1.165, 1.54) is 12.5 Å². The van der Waals surface area contributed by atoms with Crippen molar-refractivity contribution in [1.29, 1.82) is 0 Å². The Bertz CT molecular complexity index is 1530. The molecule has 6 rings (SSSR count). The number of rotatable bonds is 12. The van der Waals surface area contributed by atoms with Gasteiger partial charge in [0.1, 0.15) is 18.8 Å². The Morgan fingerprint density at radius 3 is 2.34 bits per heavy atom. The molecule has 0 amide bonds. The Hall–Kier alpha value is -2.30. The van der Waals surface area contributed by atoms with Crippen LogP contribution in [-0.2, 0) is 39.9 Å². The average Bonchev–Trinajstić information content (AvgIpc) is 3.12. The minimum absolute atomic E-state index is 0.0665. The van der Waals surface area contributed by atoms with Gasteiger partial charge < -0.3 is 33.9 Å². The van der Waals surface area contributed by atoms with Gasteiger partial charge in [0.2, 0.25) is 0 Å². The largest absolute Gasteiger partial charge is 0.463 e. The summed E-state index contributed by atoms with van der Waals surface area (Å²) in [7, 11) is 1.73. The first-order valence-corrected chi connectivity index (χ1v) is 20.0. The number of methoxy groups -OCH3 is 1. The van der Waals surface area contributed by atoms with Crippen molar-refractivity contribution in [3.63, 3.8) is 0 Å². The zero-order valence-corrected chi connectivity index (χ0v) is 33.7. The van der Waals surface area contributed by atoms with E-state index in [-0.39, 0.29) is 71.3 Å². The highest BCUT2D eigenvalue weighted by Crippen LogP contribution is 2.75. The van der Waals surface area contributed by atoms with Crippen molar-refractivity contribution in [2.45, 2.75) is 118 Å². The lowest BCUT2D eigenvalue weighted by atomic mass is 9.34. The maximum Gasteiger partial charge on any atom is 0.310 e. The first-order chi connectivity index (χ1) is 24.9. The quantitative estimate of drug-likeness (QED) is 0.174. The third-order valence-electron chi connectivity index (χ3n) is 16.0.